The first-order valence-electron chi connectivity index (χ1n) is 7.21. The molecule has 114 valence electrons. The summed E-state index contributed by atoms with van der Waals surface area (Å²) in [7, 11) is -3.58. The molecule has 2 saturated carbocycles. The predicted octanol–water partition coefficient (Wildman–Crippen LogP) is 2.22. The minimum Gasteiger partial charge on any atom is -0.299 e. The Morgan fingerprint density at radius 1 is 1.43 bits per heavy atom. The van der Waals surface area contributed by atoms with Gasteiger partial charge in [-0.3, -0.25) is 14.5 Å². The normalized spacial score (nSPS) is 30.6. The number of hydrogen-bond donors (Lipinski definition) is 1. The molecule has 0 radical (unpaired) electrons. The number of hydrogen-bond acceptors (Lipinski definition) is 4. The summed E-state index contributed by atoms with van der Waals surface area (Å²) >= 11 is 0. The molecule has 0 amide bonds. The van der Waals surface area contributed by atoms with E-state index in [0.29, 0.717) is 24.4 Å². The van der Waals surface area contributed by atoms with Gasteiger partial charge in [-0.2, -0.15) is 0 Å². The summed E-state index contributed by atoms with van der Waals surface area (Å²) in [5.74, 6) is 0.302. The molecule has 2 fully saturated rings. The van der Waals surface area contributed by atoms with Crippen LogP contribution in [0.15, 0.2) is 24.5 Å². The van der Waals surface area contributed by atoms with Crippen molar-refractivity contribution >= 4 is 21.5 Å². The van der Waals surface area contributed by atoms with Gasteiger partial charge in [-0.25, -0.2) is 8.42 Å². The molecule has 2 atom stereocenters. The van der Waals surface area contributed by atoms with Crippen LogP contribution in [0.4, 0.5) is 5.69 Å². The van der Waals surface area contributed by atoms with Gasteiger partial charge in [-0.05, 0) is 36.3 Å². The molecule has 5 nitrogen and oxygen atoms in total. The predicted molar refractivity (Wildman–Crippen MR) is 80.2 cm³/mol. The van der Waals surface area contributed by atoms with Crippen LogP contribution in [-0.4, -0.2) is 24.9 Å². The lowest BCUT2D eigenvalue weighted by atomic mass is 9.70. The Morgan fingerprint density at radius 2 is 2.19 bits per heavy atom. The van der Waals surface area contributed by atoms with Crippen molar-refractivity contribution in [1.82, 2.24) is 4.98 Å². The third kappa shape index (κ3) is 2.16. The molecule has 0 aliphatic heterocycles. The van der Waals surface area contributed by atoms with Crippen LogP contribution in [0.25, 0.3) is 0 Å². The molecule has 0 saturated heterocycles. The molecule has 6 heteroatoms. The average molecular weight is 308 g/mol. The molecule has 0 aromatic carbocycles. The molecule has 1 aromatic rings. The van der Waals surface area contributed by atoms with Crippen molar-refractivity contribution in [1.29, 1.82) is 0 Å². The zero-order chi connectivity index (χ0) is 15.3. The molecule has 1 N–H and O–H groups in total. The molecule has 1 aromatic heterocycles. The van der Waals surface area contributed by atoms with Crippen LogP contribution in [0.3, 0.4) is 0 Å². The zero-order valence-electron chi connectivity index (χ0n) is 12.3. The Morgan fingerprint density at radius 3 is 2.71 bits per heavy atom. The molecule has 0 unspecified atom stereocenters. The topological polar surface area (TPSA) is 76.1 Å². The van der Waals surface area contributed by atoms with Crippen molar-refractivity contribution in [3.63, 3.8) is 0 Å². The quantitative estimate of drug-likeness (QED) is 0.925. The molecular weight excluding hydrogens is 288 g/mol. The summed E-state index contributed by atoms with van der Waals surface area (Å²) in [5, 5.41) is 0. The molecule has 21 heavy (non-hydrogen) atoms. The highest BCUT2D eigenvalue weighted by molar-refractivity contribution is 7.92. The minimum atomic E-state index is -3.58. The van der Waals surface area contributed by atoms with Crippen LogP contribution in [0.1, 0.15) is 33.1 Å². The van der Waals surface area contributed by atoms with E-state index < -0.39 is 15.4 Å². The lowest BCUT2D eigenvalue weighted by Gasteiger charge is -2.36. The number of rotatable bonds is 4. The van der Waals surface area contributed by atoms with Crippen molar-refractivity contribution in [3.05, 3.63) is 24.5 Å². The van der Waals surface area contributed by atoms with E-state index in [1.54, 1.807) is 18.3 Å². The summed E-state index contributed by atoms with van der Waals surface area (Å²) in [6.45, 7) is 4.07. The number of nitrogens with zero attached hydrogens (tertiary/aromatic N) is 1. The van der Waals surface area contributed by atoms with Gasteiger partial charge < -0.3 is 0 Å². The van der Waals surface area contributed by atoms with Gasteiger partial charge >= 0.3 is 0 Å². The van der Waals surface area contributed by atoms with Gasteiger partial charge in [-0.1, -0.05) is 13.8 Å². The molecule has 2 bridgehead atoms. The first kappa shape index (κ1) is 14.5. The van der Waals surface area contributed by atoms with Gasteiger partial charge in [0.25, 0.3) is 0 Å². The molecule has 2 aliphatic carbocycles. The van der Waals surface area contributed by atoms with Gasteiger partial charge in [-0.15, -0.1) is 0 Å². The summed E-state index contributed by atoms with van der Waals surface area (Å²) in [5.41, 5.74) is -0.536. The maximum atomic E-state index is 12.5. The summed E-state index contributed by atoms with van der Waals surface area (Å²) < 4.78 is 27.5. The first-order valence-corrected chi connectivity index (χ1v) is 8.86. The largest absolute Gasteiger partial charge is 0.299 e. The highest BCUT2D eigenvalue weighted by Gasteiger charge is 2.65. The van der Waals surface area contributed by atoms with Gasteiger partial charge in [0.05, 0.1) is 23.1 Å². The van der Waals surface area contributed by atoms with E-state index in [-0.39, 0.29) is 17.0 Å². The number of aromatic nitrogens is 1. The number of anilines is 1. The molecular formula is C15H20N2O3S. The number of carbonyl (C=O) groups is 1. The van der Waals surface area contributed by atoms with Crippen molar-refractivity contribution in [2.45, 2.75) is 33.1 Å². The van der Waals surface area contributed by atoms with E-state index in [0.717, 1.165) is 6.42 Å². The maximum Gasteiger partial charge on any atom is 0.233 e. The minimum absolute atomic E-state index is 0.111. The van der Waals surface area contributed by atoms with Gasteiger partial charge in [0.1, 0.15) is 5.78 Å². The lowest BCUT2D eigenvalue weighted by molar-refractivity contribution is -0.128. The van der Waals surface area contributed by atoms with Crippen molar-refractivity contribution in [3.8, 4) is 0 Å². The van der Waals surface area contributed by atoms with Crippen LogP contribution >= 0.6 is 0 Å². The fraction of sp³-hybridized carbons (Fsp3) is 0.600. The van der Waals surface area contributed by atoms with E-state index in [4.69, 9.17) is 0 Å². The van der Waals surface area contributed by atoms with E-state index in [2.05, 4.69) is 9.71 Å². The smallest absolute Gasteiger partial charge is 0.233 e. The van der Waals surface area contributed by atoms with Crippen LogP contribution in [0.5, 0.6) is 0 Å². The zero-order valence-corrected chi connectivity index (χ0v) is 13.1. The molecule has 1 heterocycles. The maximum absolute atomic E-state index is 12.5. The summed E-state index contributed by atoms with van der Waals surface area (Å²) in [4.78, 5) is 16.3. The van der Waals surface area contributed by atoms with Gasteiger partial charge in [0, 0.05) is 12.6 Å². The number of fused-ring (bicyclic) bond motifs is 2. The Balaban J connectivity index is 1.87. The van der Waals surface area contributed by atoms with Crippen molar-refractivity contribution in [2.24, 2.45) is 16.7 Å². The monoisotopic (exact) mass is 308 g/mol. The fourth-order valence-corrected chi connectivity index (χ4v) is 5.95. The Bertz CT molecular complexity index is 669. The number of Topliss-reactive ketones (excluding diaryl/α,β-unsaturated/α-hetero) is 1. The van der Waals surface area contributed by atoms with E-state index in [1.165, 1.54) is 6.20 Å². The highest BCUT2D eigenvalue weighted by atomic mass is 32.2. The second kappa shape index (κ2) is 4.53. The van der Waals surface area contributed by atoms with Crippen molar-refractivity contribution in [2.75, 3.05) is 10.5 Å². The number of pyridine rings is 1. The second-order valence-electron chi connectivity index (χ2n) is 6.77. The lowest BCUT2D eigenvalue weighted by Crippen LogP contribution is -2.43. The average Bonchev–Trinajstić information content (AvgIpc) is 2.72. The Kier molecular flexibility index (Phi) is 3.13. The highest BCUT2D eigenvalue weighted by Crippen LogP contribution is 2.64. The SMILES string of the molecule is CC1(C)[C@@H]2CC[C@@]1(CS(=O)(=O)Nc1cccnc1)C(=O)C2. The van der Waals surface area contributed by atoms with Gasteiger partial charge in [0.2, 0.25) is 10.0 Å². The van der Waals surface area contributed by atoms with E-state index in [1.807, 2.05) is 13.8 Å². The second-order valence-corrected chi connectivity index (χ2v) is 8.49. The third-order valence-corrected chi connectivity index (χ3v) is 6.93. The van der Waals surface area contributed by atoms with Crippen molar-refractivity contribution < 1.29 is 13.2 Å². The Labute approximate surface area is 125 Å². The standard InChI is InChI=1S/C15H20N2O3S/c1-14(2)11-5-6-15(14,13(18)8-11)10-21(19,20)17-12-4-3-7-16-9-12/h3-4,7,9,11,17H,5-6,8,10H2,1-2H3/t11-,15-/m1/s1. The number of carbonyl (C=O) groups excluding carboxylic acids is 1. The molecule has 0 spiro atoms. The summed E-state index contributed by atoms with van der Waals surface area (Å²) in [6.07, 6.45) is 5.20. The number of sulfonamides is 1. The van der Waals surface area contributed by atoms with E-state index >= 15 is 0 Å². The fourth-order valence-electron chi connectivity index (χ4n) is 4.07. The number of nitrogens with one attached hydrogen (secondary N) is 1. The van der Waals surface area contributed by atoms with Crippen LogP contribution in [0, 0.1) is 16.7 Å². The van der Waals surface area contributed by atoms with Crippen LogP contribution in [0.2, 0.25) is 0 Å². The first-order chi connectivity index (χ1) is 9.77. The molecule has 3 rings (SSSR count). The van der Waals surface area contributed by atoms with Gasteiger partial charge in [0.15, 0.2) is 0 Å². The van der Waals surface area contributed by atoms with E-state index in [9.17, 15) is 13.2 Å². The summed E-state index contributed by atoms with van der Waals surface area (Å²) in [6, 6.07) is 3.33. The molecule has 2 aliphatic rings. The number of ketones is 1. The Hall–Kier alpha value is -1.43. The van der Waals surface area contributed by atoms with Crippen LogP contribution < -0.4 is 4.72 Å². The third-order valence-electron chi connectivity index (χ3n) is 5.51. The van der Waals surface area contributed by atoms with Crippen LogP contribution in [-0.2, 0) is 14.8 Å².